The molecule has 1 aliphatic carbocycles. The van der Waals surface area contributed by atoms with Crippen molar-refractivity contribution in [3.63, 3.8) is 0 Å². The summed E-state index contributed by atoms with van der Waals surface area (Å²) in [6, 6.07) is 6.30. The molecule has 2 fully saturated rings. The van der Waals surface area contributed by atoms with Crippen molar-refractivity contribution in [1.82, 2.24) is 19.6 Å². The number of rotatable bonds is 4. The molecule has 1 aromatic heterocycles. The zero-order valence-corrected chi connectivity index (χ0v) is 21.7. The fraction of sp³-hybridized carbons (Fsp3) is 0.593. The molecule has 188 valence electrons. The highest BCUT2D eigenvalue weighted by Crippen LogP contribution is 2.31. The van der Waals surface area contributed by atoms with Gasteiger partial charge in [-0.25, -0.2) is 0 Å². The Labute approximate surface area is 212 Å². The van der Waals surface area contributed by atoms with Crippen LogP contribution in [0.25, 0.3) is 0 Å². The zero-order chi connectivity index (χ0) is 24.7. The summed E-state index contributed by atoms with van der Waals surface area (Å²) in [5, 5.41) is 5.50. The summed E-state index contributed by atoms with van der Waals surface area (Å²) in [4.78, 5) is 30.4. The number of ether oxygens (including phenoxy) is 1. The predicted molar refractivity (Wildman–Crippen MR) is 135 cm³/mol. The number of morpholine rings is 1. The van der Waals surface area contributed by atoms with Crippen molar-refractivity contribution in [1.29, 1.82) is 0 Å². The molecule has 2 amide bonds. The van der Waals surface area contributed by atoms with Gasteiger partial charge in [0.1, 0.15) is 6.54 Å². The quantitative estimate of drug-likeness (QED) is 0.639. The molecule has 8 heteroatoms. The number of amides is 2. The van der Waals surface area contributed by atoms with Gasteiger partial charge in [0, 0.05) is 42.5 Å². The first kappa shape index (κ1) is 24.3. The number of carbonyl (C=O) groups is 2. The molecule has 0 radical (unpaired) electrons. The third kappa shape index (κ3) is 4.98. The Balaban J connectivity index is 1.25. The number of aryl methyl sites for hydroxylation is 1. The highest BCUT2D eigenvalue weighted by atomic mass is 35.5. The molecule has 0 N–H and O–H groups in total. The lowest BCUT2D eigenvalue weighted by molar-refractivity contribution is -0.133. The van der Waals surface area contributed by atoms with Gasteiger partial charge in [-0.1, -0.05) is 23.7 Å². The van der Waals surface area contributed by atoms with Gasteiger partial charge in [0.25, 0.3) is 5.91 Å². The second-order valence-corrected chi connectivity index (χ2v) is 10.8. The Morgan fingerprint density at radius 3 is 2.49 bits per heavy atom. The van der Waals surface area contributed by atoms with Gasteiger partial charge in [0.2, 0.25) is 5.91 Å². The van der Waals surface area contributed by atoms with Crippen LogP contribution in [0.2, 0.25) is 5.02 Å². The molecule has 5 rings (SSSR count). The van der Waals surface area contributed by atoms with Crippen LogP contribution in [0.4, 0.5) is 0 Å². The van der Waals surface area contributed by atoms with Gasteiger partial charge in [-0.05, 0) is 76.0 Å². The minimum atomic E-state index is -0.0334. The number of hydrogen-bond donors (Lipinski definition) is 0. The molecule has 7 nitrogen and oxygen atoms in total. The average molecular weight is 499 g/mol. The highest BCUT2D eigenvalue weighted by molar-refractivity contribution is 6.31. The van der Waals surface area contributed by atoms with Crippen molar-refractivity contribution in [3.8, 4) is 0 Å². The van der Waals surface area contributed by atoms with Crippen LogP contribution in [0.5, 0.6) is 0 Å². The maximum atomic E-state index is 13.4. The van der Waals surface area contributed by atoms with Crippen molar-refractivity contribution in [3.05, 3.63) is 51.3 Å². The molecule has 0 bridgehead atoms. The molecule has 2 aliphatic heterocycles. The Bertz CT molecular complexity index is 1110. The molecule has 2 saturated heterocycles. The summed E-state index contributed by atoms with van der Waals surface area (Å²) in [5.41, 5.74) is 4.96. The van der Waals surface area contributed by atoms with Crippen molar-refractivity contribution in [2.24, 2.45) is 0 Å². The second kappa shape index (κ2) is 9.94. The van der Waals surface area contributed by atoms with Crippen LogP contribution >= 0.6 is 11.6 Å². The first-order chi connectivity index (χ1) is 16.8. The Morgan fingerprint density at radius 2 is 1.80 bits per heavy atom. The largest absolute Gasteiger partial charge is 0.372 e. The first-order valence-corrected chi connectivity index (χ1v) is 13.2. The van der Waals surface area contributed by atoms with E-state index in [1.165, 1.54) is 5.56 Å². The number of piperidine rings is 1. The summed E-state index contributed by atoms with van der Waals surface area (Å²) in [5.74, 6) is 0.470. The van der Waals surface area contributed by atoms with E-state index in [9.17, 15) is 9.59 Å². The molecule has 35 heavy (non-hydrogen) atoms. The number of aromatic nitrogens is 2. The van der Waals surface area contributed by atoms with E-state index >= 15 is 0 Å². The number of likely N-dealkylation sites (tertiary alicyclic amines) is 1. The maximum Gasteiger partial charge on any atom is 0.274 e. The molecule has 1 aromatic carbocycles. The third-order valence-corrected chi connectivity index (χ3v) is 8.12. The number of fused-ring (bicyclic) bond motifs is 1. The first-order valence-electron chi connectivity index (χ1n) is 12.9. The lowest BCUT2D eigenvalue weighted by Gasteiger charge is -2.35. The van der Waals surface area contributed by atoms with Gasteiger partial charge in [0.05, 0.1) is 12.2 Å². The Kier molecular flexibility index (Phi) is 6.91. The molecule has 3 heterocycles. The van der Waals surface area contributed by atoms with Crippen molar-refractivity contribution < 1.29 is 14.3 Å². The molecule has 0 spiro atoms. The second-order valence-electron chi connectivity index (χ2n) is 10.4. The van der Waals surface area contributed by atoms with E-state index in [1.54, 1.807) is 4.68 Å². The average Bonchev–Trinajstić information content (AvgIpc) is 3.44. The molecule has 0 saturated carbocycles. The fourth-order valence-corrected chi connectivity index (χ4v) is 6.05. The molecular weight excluding hydrogens is 464 g/mol. The van der Waals surface area contributed by atoms with Crippen LogP contribution in [-0.4, -0.2) is 69.8 Å². The van der Waals surface area contributed by atoms with E-state index in [0.717, 1.165) is 67.0 Å². The fourth-order valence-electron chi connectivity index (χ4n) is 5.86. The molecular formula is C27H35ClN4O3. The SMILES string of the molecule is Cc1ccc(C2CCN(C(=O)Cn3nc(C(=O)N4C[C@@H](C)O[C@@H](C)C4)c4c3CCC4)CC2)cc1Cl. The molecule has 3 aliphatic rings. The van der Waals surface area contributed by atoms with Gasteiger partial charge in [-0.3, -0.25) is 14.3 Å². The van der Waals surface area contributed by atoms with Crippen LogP contribution in [0, 0.1) is 6.92 Å². The van der Waals surface area contributed by atoms with Crippen LogP contribution in [-0.2, 0) is 28.9 Å². The summed E-state index contributed by atoms with van der Waals surface area (Å²) < 4.78 is 7.59. The van der Waals surface area contributed by atoms with Crippen LogP contribution in [0.15, 0.2) is 18.2 Å². The monoisotopic (exact) mass is 498 g/mol. The number of benzene rings is 1. The Morgan fingerprint density at radius 1 is 1.09 bits per heavy atom. The van der Waals surface area contributed by atoms with E-state index in [1.807, 2.05) is 30.6 Å². The van der Waals surface area contributed by atoms with Gasteiger partial charge in [-0.2, -0.15) is 5.10 Å². The maximum absolute atomic E-state index is 13.4. The standard InChI is InChI=1S/C27H35ClN4O3/c1-17-7-8-21(13-23(17)28)20-9-11-30(12-10-20)25(33)16-32-24-6-4-5-22(24)26(29-32)27(34)31-14-18(2)35-19(3)15-31/h7-8,13,18-20H,4-6,9-12,14-16H2,1-3H3/t18-,19+. The van der Waals surface area contributed by atoms with Crippen LogP contribution in [0.3, 0.4) is 0 Å². The van der Waals surface area contributed by atoms with Crippen molar-refractivity contribution in [2.75, 3.05) is 26.2 Å². The van der Waals surface area contributed by atoms with Gasteiger partial charge in [-0.15, -0.1) is 0 Å². The minimum absolute atomic E-state index is 0.0123. The summed E-state index contributed by atoms with van der Waals surface area (Å²) in [6.07, 6.45) is 4.61. The predicted octanol–water partition coefficient (Wildman–Crippen LogP) is 3.99. The molecule has 2 atom stereocenters. The van der Waals surface area contributed by atoms with E-state index in [4.69, 9.17) is 21.4 Å². The third-order valence-electron chi connectivity index (χ3n) is 7.72. The summed E-state index contributed by atoms with van der Waals surface area (Å²) in [6.45, 7) is 8.81. The normalized spacial score (nSPS) is 23.0. The summed E-state index contributed by atoms with van der Waals surface area (Å²) >= 11 is 6.33. The van der Waals surface area contributed by atoms with E-state index in [-0.39, 0.29) is 30.6 Å². The Hall–Kier alpha value is -2.38. The highest BCUT2D eigenvalue weighted by Gasteiger charge is 2.33. The lowest BCUT2D eigenvalue weighted by Crippen LogP contribution is -2.48. The van der Waals surface area contributed by atoms with Crippen LogP contribution < -0.4 is 0 Å². The van der Waals surface area contributed by atoms with E-state index < -0.39 is 0 Å². The van der Waals surface area contributed by atoms with Crippen molar-refractivity contribution >= 4 is 23.4 Å². The topological polar surface area (TPSA) is 67.7 Å². The van der Waals surface area contributed by atoms with Gasteiger partial charge >= 0.3 is 0 Å². The van der Waals surface area contributed by atoms with Crippen molar-refractivity contribution in [2.45, 2.75) is 77.5 Å². The molecule has 0 unspecified atom stereocenters. The number of carbonyl (C=O) groups excluding carboxylic acids is 2. The van der Waals surface area contributed by atoms with Gasteiger partial charge < -0.3 is 14.5 Å². The number of halogens is 1. The number of hydrogen-bond acceptors (Lipinski definition) is 4. The minimum Gasteiger partial charge on any atom is -0.372 e. The van der Waals surface area contributed by atoms with Crippen LogP contribution in [0.1, 0.15) is 71.9 Å². The van der Waals surface area contributed by atoms with Gasteiger partial charge in [0.15, 0.2) is 5.69 Å². The smallest absolute Gasteiger partial charge is 0.274 e. The van der Waals surface area contributed by atoms with E-state index in [2.05, 4.69) is 18.2 Å². The van der Waals surface area contributed by atoms with E-state index in [0.29, 0.717) is 24.7 Å². The molecule has 2 aromatic rings. The number of nitrogens with zero attached hydrogens (tertiary/aromatic N) is 4. The summed E-state index contributed by atoms with van der Waals surface area (Å²) in [7, 11) is 0. The lowest BCUT2D eigenvalue weighted by atomic mass is 9.89. The zero-order valence-electron chi connectivity index (χ0n) is 20.9.